The number of carbonyl (C=O) groups excluding carboxylic acids is 3. The lowest BCUT2D eigenvalue weighted by molar-refractivity contribution is -0.135. The number of piperidine rings is 1. The fourth-order valence-electron chi connectivity index (χ4n) is 4.90. The highest BCUT2D eigenvalue weighted by Crippen LogP contribution is 2.33. The predicted octanol–water partition coefficient (Wildman–Crippen LogP) is 2.98. The Bertz CT molecular complexity index is 1840. The van der Waals surface area contributed by atoms with Crippen molar-refractivity contribution in [3.63, 3.8) is 0 Å². The number of anilines is 2. The van der Waals surface area contributed by atoms with Crippen LogP contribution in [0, 0.1) is 6.92 Å². The van der Waals surface area contributed by atoms with E-state index in [-0.39, 0.29) is 34.4 Å². The zero-order valence-corrected chi connectivity index (χ0v) is 23.8. The Balaban J connectivity index is 1.43. The number of hydrogen-bond acceptors (Lipinski definition) is 8. The predicted molar refractivity (Wildman–Crippen MR) is 155 cm³/mol. The number of aromatic nitrogens is 2. The first-order valence-corrected chi connectivity index (χ1v) is 14.4. The van der Waals surface area contributed by atoms with E-state index in [1.165, 1.54) is 49.1 Å². The van der Waals surface area contributed by atoms with Crippen LogP contribution in [0.1, 0.15) is 35.1 Å². The molecule has 4 aromatic rings. The smallest absolute Gasteiger partial charge is 0.264 e. The van der Waals surface area contributed by atoms with Gasteiger partial charge in [-0.2, -0.15) is 4.31 Å². The molecule has 1 aliphatic heterocycles. The van der Waals surface area contributed by atoms with Crippen molar-refractivity contribution in [2.75, 3.05) is 23.8 Å². The van der Waals surface area contributed by atoms with Crippen molar-refractivity contribution < 1.29 is 27.9 Å². The first-order chi connectivity index (χ1) is 20.0. The van der Waals surface area contributed by atoms with Gasteiger partial charge in [-0.05, 0) is 61.9 Å². The van der Waals surface area contributed by atoms with E-state index in [2.05, 4.69) is 15.6 Å². The molecule has 42 heavy (non-hydrogen) atoms. The Labute approximate surface area is 241 Å². The summed E-state index contributed by atoms with van der Waals surface area (Å²) in [6.45, 7) is 1.59. The van der Waals surface area contributed by atoms with Crippen LogP contribution in [-0.2, 0) is 24.2 Å². The van der Waals surface area contributed by atoms with Crippen LogP contribution in [0.5, 0.6) is 5.75 Å². The Kier molecular flexibility index (Phi) is 7.63. The van der Waals surface area contributed by atoms with Gasteiger partial charge in [0.2, 0.25) is 11.8 Å². The number of para-hydroxylation sites is 2. The molecule has 0 bridgehead atoms. The number of ether oxygens (including phenoxy) is 1. The fourth-order valence-corrected chi connectivity index (χ4v) is 6.11. The maximum Gasteiger partial charge on any atom is 0.264 e. The third-order valence-electron chi connectivity index (χ3n) is 7.08. The highest BCUT2D eigenvalue weighted by molar-refractivity contribution is 7.99. The standard InChI is InChI=1S/C29H27N5O7S/c1-17-30-20-7-6-8-21(26(20)29(38)34(17)23-15-16-25(35)32-28(23)37)31-27(36)18-11-13-19(14-12-18)42(39,40)33(2)22-9-4-5-10-24(22)41-3/h4-14,23H,15-16H2,1-3H3,(H2-,31,32,35,36,37,38,39,40). The Morgan fingerprint density at radius 1 is 1.10 bits per heavy atom. The molecule has 2 unspecified atom stereocenters. The van der Waals surface area contributed by atoms with Crippen LogP contribution in [0.2, 0.25) is 0 Å². The van der Waals surface area contributed by atoms with Gasteiger partial charge in [-0.15, -0.1) is 0 Å². The molecule has 1 aromatic heterocycles. The molecule has 0 aliphatic carbocycles. The van der Waals surface area contributed by atoms with Crippen molar-refractivity contribution in [1.29, 1.82) is 0 Å². The number of fused-ring (bicyclic) bond motifs is 1. The maximum absolute atomic E-state index is 13.6. The van der Waals surface area contributed by atoms with Gasteiger partial charge in [-0.3, -0.25) is 29.1 Å². The summed E-state index contributed by atoms with van der Waals surface area (Å²) in [5.74, 6) is -0.909. The molecule has 1 aliphatic rings. The number of benzene rings is 3. The number of nitrogens with zero attached hydrogens (tertiary/aromatic N) is 3. The summed E-state index contributed by atoms with van der Waals surface area (Å²) in [5.41, 5.74) is 0.452. The summed E-state index contributed by atoms with van der Waals surface area (Å²) in [6.07, 6.45) is 0.230. The summed E-state index contributed by atoms with van der Waals surface area (Å²) < 4.78 is 34.1. The Morgan fingerprint density at radius 2 is 1.81 bits per heavy atom. The largest absolute Gasteiger partial charge is 0.588 e. The molecule has 0 radical (unpaired) electrons. The van der Waals surface area contributed by atoms with Crippen molar-refractivity contribution in [2.24, 2.45) is 0 Å². The van der Waals surface area contributed by atoms with E-state index in [0.29, 0.717) is 22.8 Å². The fraction of sp³-hybridized carbons (Fsp3) is 0.207. The van der Waals surface area contributed by atoms with Crippen LogP contribution in [0.15, 0.2) is 76.4 Å². The number of nitrogens with one attached hydrogen (secondary N) is 2. The van der Waals surface area contributed by atoms with Gasteiger partial charge in [-0.25, -0.2) is 4.98 Å². The average Bonchev–Trinajstić information content (AvgIpc) is 2.97. The van der Waals surface area contributed by atoms with E-state index < -0.39 is 39.7 Å². The highest BCUT2D eigenvalue weighted by Gasteiger charge is 2.32. The second-order valence-corrected chi connectivity index (χ2v) is 11.6. The number of hydrogen-bond donors (Lipinski definition) is 2. The summed E-state index contributed by atoms with van der Waals surface area (Å²) in [6, 6.07) is 15.9. The molecule has 0 saturated carbocycles. The van der Waals surface area contributed by atoms with Crippen LogP contribution in [0.25, 0.3) is 10.9 Å². The van der Waals surface area contributed by atoms with Gasteiger partial charge in [0.15, 0.2) is 15.3 Å². The SMILES string of the molecule is COc1ccccc1N(C)[S+](=O)([O-])c1ccc(C(=O)Nc2cccc3nc(C)n(C4CCC(=O)NC4=O)c(=O)c23)cc1. The molecular weight excluding hydrogens is 562 g/mol. The van der Waals surface area contributed by atoms with E-state index in [1.54, 1.807) is 43.3 Å². The molecule has 216 valence electrons. The number of methoxy groups -OCH3 is 1. The Morgan fingerprint density at radius 3 is 2.50 bits per heavy atom. The summed E-state index contributed by atoms with van der Waals surface area (Å²) in [5, 5.41) is 5.05. The Hall–Kier alpha value is -4.88. The molecule has 3 aromatic carbocycles. The van der Waals surface area contributed by atoms with Crippen LogP contribution in [-0.4, -0.2) is 46.0 Å². The highest BCUT2D eigenvalue weighted by atomic mass is 32.3. The zero-order chi connectivity index (χ0) is 30.2. The average molecular weight is 590 g/mol. The number of imide groups is 1. The maximum atomic E-state index is 13.6. The lowest BCUT2D eigenvalue weighted by Gasteiger charge is -2.26. The number of carbonyl (C=O) groups is 3. The minimum Gasteiger partial charge on any atom is -0.588 e. The van der Waals surface area contributed by atoms with Gasteiger partial charge in [-0.1, -0.05) is 22.4 Å². The normalized spacial score (nSPS) is 16.4. The summed E-state index contributed by atoms with van der Waals surface area (Å²) >= 11 is 0. The lowest BCUT2D eigenvalue weighted by atomic mass is 10.1. The summed E-state index contributed by atoms with van der Waals surface area (Å²) in [7, 11) is -1.12. The van der Waals surface area contributed by atoms with E-state index in [1.807, 2.05) is 0 Å². The van der Waals surface area contributed by atoms with Crippen LogP contribution < -0.4 is 25.2 Å². The van der Waals surface area contributed by atoms with Gasteiger partial charge in [0.1, 0.15) is 23.3 Å². The van der Waals surface area contributed by atoms with Gasteiger partial charge >= 0.3 is 0 Å². The van der Waals surface area contributed by atoms with Gasteiger partial charge < -0.3 is 14.6 Å². The van der Waals surface area contributed by atoms with Gasteiger partial charge in [0.25, 0.3) is 11.5 Å². The first-order valence-electron chi connectivity index (χ1n) is 12.9. The third kappa shape index (κ3) is 5.15. The zero-order valence-electron chi connectivity index (χ0n) is 23.0. The van der Waals surface area contributed by atoms with Crippen molar-refractivity contribution in [2.45, 2.75) is 30.7 Å². The molecule has 2 N–H and O–H groups in total. The number of amides is 3. The van der Waals surface area contributed by atoms with Gasteiger partial charge in [0.05, 0.1) is 30.7 Å². The molecule has 13 heteroatoms. The number of aryl methyl sites for hydroxylation is 1. The number of sulfonamides is 1. The van der Waals surface area contributed by atoms with E-state index in [0.717, 1.165) is 4.31 Å². The van der Waals surface area contributed by atoms with Crippen molar-refractivity contribution in [3.05, 3.63) is 88.5 Å². The molecule has 2 atom stereocenters. The summed E-state index contributed by atoms with van der Waals surface area (Å²) in [4.78, 5) is 55.4. The molecule has 2 heterocycles. The first kappa shape index (κ1) is 28.6. The lowest BCUT2D eigenvalue weighted by Crippen LogP contribution is -2.45. The van der Waals surface area contributed by atoms with Crippen LogP contribution in [0.4, 0.5) is 11.4 Å². The van der Waals surface area contributed by atoms with E-state index >= 15 is 0 Å². The minimum atomic E-state index is -3.97. The molecular formula is C29H27N5O7S. The monoisotopic (exact) mass is 589 g/mol. The van der Waals surface area contributed by atoms with Crippen molar-refractivity contribution >= 4 is 50.4 Å². The van der Waals surface area contributed by atoms with E-state index in [4.69, 9.17) is 4.74 Å². The second kappa shape index (κ2) is 11.2. The second-order valence-electron chi connectivity index (χ2n) is 9.62. The van der Waals surface area contributed by atoms with Crippen molar-refractivity contribution in [3.8, 4) is 5.75 Å². The minimum absolute atomic E-state index is 0.0376. The van der Waals surface area contributed by atoms with Crippen LogP contribution in [0.3, 0.4) is 0 Å². The van der Waals surface area contributed by atoms with Gasteiger partial charge in [0, 0.05) is 12.0 Å². The molecule has 1 saturated heterocycles. The van der Waals surface area contributed by atoms with E-state index in [9.17, 15) is 27.9 Å². The third-order valence-corrected chi connectivity index (χ3v) is 8.86. The van der Waals surface area contributed by atoms with Crippen molar-refractivity contribution in [1.82, 2.24) is 14.9 Å². The molecule has 1 fully saturated rings. The topological polar surface area (TPSA) is 163 Å². The molecule has 0 spiro atoms. The molecule has 5 rings (SSSR count). The number of rotatable bonds is 7. The molecule has 3 amide bonds. The van der Waals surface area contributed by atoms with Crippen LogP contribution >= 0.6 is 0 Å². The molecule has 12 nitrogen and oxygen atoms in total. The quantitative estimate of drug-likeness (QED) is 0.246.